The molecular formula is C14H14ClN3O2. The van der Waals surface area contributed by atoms with Crippen LogP contribution in [0.1, 0.15) is 5.56 Å². The van der Waals surface area contributed by atoms with Crippen molar-refractivity contribution in [3.8, 4) is 6.07 Å². The fraction of sp³-hybridized carbons (Fsp3) is 0.286. The fourth-order valence-corrected chi connectivity index (χ4v) is 2.08. The lowest BCUT2D eigenvalue weighted by atomic mass is 10.1. The van der Waals surface area contributed by atoms with Gasteiger partial charge in [-0.25, -0.2) is 0 Å². The van der Waals surface area contributed by atoms with Gasteiger partial charge in [-0.3, -0.25) is 4.98 Å². The number of nitrogens with zero attached hydrogens (tertiary/aromatic N) is 2. The number of hydrogen-bond acceptors (Lipinski definition) is 5. The Morgan fingerprint density at radius 3 is 3.05 bits per heavy atom. The van der Waals surface area contributed by atoms with Gasteiger partial charge < -0.3 is 15.2 Å². The predicted octanol–water partition coefficient (Wildman–Crippen LogP) is 2.18. The Kier molecular flexibility index (Phi) is 4.74. The molecule has 0 bridgehead atoms. The molecule has 20 heavy (non-hydrogen) atoms. The summed E-state index contributed by atoms with van der Waals surface area (Å²) in [5.74, 6) is 0. The molecule has 1 aromatic heterocycles. The zero-order valence-electron chi connectivity index (χ0n) is 10.9. The van der Waals surface area contributed by atoms with Crippen molar-refractivity contribution in [3.05, 3.63) is 35.0 Å². The highest BCUT2D eigenvalue weighted by Gasteiger charge is 2.11. The summed E-state index contributed by atoms with van der Waals surface area (Å²) in [5.41, 5.74) is 1.76. The normalized spacial score (nSPS) is 12.1. The highest BCUT2D eigenvalue weighted by Crippen LogP contribution is 2.28. The summed E-state index contributed by atoms with van der Waals surface area (Å²) in [6.07, 6.45) is 0.843. The number of fused-ring (bicyclic) bond motifs is 1. The molecule has 0 spiro atoms. The van der Waals surface area contributed by atoms with Crippen LogP contribution in [0.15, 0.2) is 24.4 Å². The van der Waals surface area contributed by atoms with Gasteiger partial charge in [-0.2, -0.15) is 5.26 Å². The Labute approximate surface area is 121 Å². The topological polar surface area (TPSA) is 78.2 Å². The lowest BCUT2D eigenvalue weighted by molar-refractivity contribution is 0.0728. The molecule has 0 fully saturated rings. The van der Waals surface area contributed by atoms with E-state index in [1.165, 1.54) is 13.3 Å². The summed E-state index contributed by atoms with van der Waals surface area (Å²) >= 11 is 5.99. The van der Waals surface area contributed by atoms with Gasteiger partial charge >= 0.3 is 0 Å². The van der Waals surface area contributed by atoms with Crippen LogP contribution in [-0.2, 0) is 4.74 Å². The van der Waals surface area contributed by atoms with Crippen molar-refractivity contribution < 1.29 is 9.84 Å². The van der Waals surface area contributed by atoms with Crippen LogP contribution in [0.2, 0.25) is 5.02 Å². The molecule has 2 rings (SSSR count). The Bertz CT molecular complexity index is 655. The number of anilines is 1. The van der Waals surface area contributed by atoms with E-state index in [0.29, 0.717) is 16.3 Å². The molecular weight excluding hydrogens is 278 g/mol. The number of rotatable bonds is 5. The zero-order valence-corrected chi connectivity index (χ0v) is 11.7. The number of benzene rings is 1. The van der Waals surface area contributed by atoms with E-state index in [-0.39, 0.29) is 13.2 Å². The molecule has 5 nitrogen and oxygen atoms in total. The first-order valence-corrected chi connectivity index (χ1v) is 6.42. The highest BCUT2D eigenvalue weighted by atomic mass is 35.5. The molecule has 0 amide bonds. The maximum atomic E-state index is 9.69. The number of nitriles is 1. The quantitative estimate of drug-likeness (QED) is 0.883. The predicted molar refractivity (Wildman–Crippen MR) is 77.8 cm³/mol. The monoisotopic (exact) mass is 291 g/mol. The van der Waals surface area contributed by atoms with Crippen molar-refractivity contribution in [1.29, 1.82) is 5.26 Å². The summed E-state index contributed by atoms with van der Waals surface area (Å²) in [5, 5.41) is 23.2. The first-order valence-electron chi connectivity index (χ1n) is 6.05. The van der Waals surface area contributed by atoms with Crippen LogP contribution >= 0.6 is 11.6 Å². The minimum Gasteiger partial charge on any atom is -0.389 e. The molecule has 2 N–H and O–H groups in total. The van der Waals surface area contributed by atoms with E-state index >= 15 is 0 Å². The summed E-state index contributed by atoms with van der Waals surface area (Å²) in [7, 11) is 1.52. The third kappa shape index (κ3) is 3.17. The number of pyridine rings is 1. The van der Waals surface area contributed by atoms with Crippen LogP contribution in [0, 0.1) is 11.3 Å². The standard InChI is InChI=1S/C14H14ClN3O2/c1-20-8-11(19)7-18-14-9(5-16)6-17-13-3-2-10(15)4-12(13)14/h2-4,6,11,19H,7-8H2,1H3,(H,17,18)/t11-/m1/s1. The molecule has 1 atom stereocenters. The number of aliphatic hydroxyl groups excluding tert-OH is 1. The number of nitrogens with one attached hydrogen (secondary N) is 1. The zero-order chi connectivity index (χ0) is 14.5. The molecule has 0 radical (unpaired) electrons. The van der Waals surface area contributed by atoms with Gasteiger partial charge in [0.25, 0.3) is 0 Å². The molecule has 0 unspecified atom stereocenters. The van der Waals surface area contributed by atoms with Crippen LogP contribution in [-0.4, -0.2) is 36.5 Å². The van der Waals surface area contributed by atoms with Crippen molar-refractivity contribution in [2.24, 2.45) is 0 Å². The lowest BCUT2D eigenvalue weighted by Gasteiger charge is -2.14. The van der Waals surface area contributed by atoms with Gasteiger partial charge in [-0.05, 0) is 18.2 Å². The van der Waals surface area contributed by atoms with Crippen molar-refractivity contribution in [2.45, 2.75) is 6.10 Å². The van der Waals surface area contributed by atoms with E-state index in [1.807, 2.05) is 0 Å². The molecule has 0 aliphatic carbocycles. The van der Waals surface area contributed by atoms with Crippen LogP contribution in [0.5, 0.6) is 0 Å². The molecule has 0 saturated heterocycles. The number of aromatic nitrogens is 1. The van der Waals surface area contributed by atoms with Gasteiger partial charge in [0.15, 0.2) is 0 Å². The van der Waals surface area contributed by atoms with E-state index in [4.69, 9.17) is 21.6 Å². The lowest BCUT2D eigenvalue weighted by Crippen LogP contribution is -2.24. The van der Waals surface area contributed by atoms with Crippen LogP contribution in [0.25, 0.3) is 10.9 Å². The van der Waals surface area contributed by atoms with Gasteiger partial charge in [0, 0.05) is 30.3 Å². The van der Waals surface area contributed by atoms with Gasteiger partial charge in [0.1, 0.15) is 6.07 Å². The van der Waals surface area contributed by atoms with Crippen LogP contribution in [0.3, 0.4) is 0 Å². The van der Waals surface area contributed by atoms with Crippen LogP contribution < -0.4 is 5.32 Å². The summed E-state index contributed by atoms with van der Waals surface area (Å²) in [4.78, 5) is 4.21. The summed E-state index contributed by atoms with van der Waals surface area (Å²) in [6.45, 7) is 0.493. The third-order valence-electron chi connectivity index (χ3n) is 2.82. The van der Waals surface area contributed by atoms with Gasteiger partial charge in [-0.1, -0.05) is 11.6 Å². The molecule has 1 aromatic carbocycles. The van der Waals surface area contributed by atoms with E-state index in [0.717, 1.165) is 10.9 Å². The van der Waals surface area contributed by atoms with Gasteiger partial charge in [-0.15, -0.1) is 0 Å². The van der Waals surface area contributed by atoms with Gasteiger partial charge in [0.05, 0.1) is 29.5 Å². The fourth-order valence-electron chi connectivity index (χ4n) is 1.91. The second kappa shape index (κ2) is 6.53. The first-order chi connectivity index (χ1) is 9.65. The Hall–Kier alpha value is -1.87. The number of ether oxygens (including phenoxy) is 1. The van der Waals surface area contributed by atoms with Crippen molar-refractivity contribution in [1.82, 2.24) is 4.98 Å². The van der Waals surface area contributed by atoms with E-state index in [9.17, 15) is 5.11 Å². The molecule has 2 aromatic rings. The minimum atomic E-state index is -0.658. The average Bonchev–Trinajstić information content (AvgIpc) is 2.44. The number of aliphatic hydroxyl groups is 1. The van der Waals surface area contributed by atoms with E-state index < -0.39 is 6.10 Å². The average molecular weight is 292 g/mol. The first kappa shape index (κ1) is 14.5. The number of methoxy groups -OCH3 is 1. The molecule has 6 heteroatoms. The largest absolute Gasteiger partial charge is 0.389 e. The summed E-state index contributed by atoms with van der Waals surface area (Å²) in [6, 6.07) is 7.36. The molecule has 0 saturated carbocycles. The Balaban J connectivity index is 2.38. The van der Waals surface area contributed by atoms with Gasteiger partial charge in [0.2, 0.25) is 0 Å². The van der Waals surface area contributed by atoms with Crippen LogP contribution in [0.4, 0.5) is 5.69 Å². The second-order valence-electron chi connectivity index (χ2n) is 4.31. The SMILES string of the molecule is COC[C@H](O)CNc1c(C#N)cnc2ccc(Cl)cc12. The Morgan fingerprint density at radius 1 is 1.55 bits per heavy atom. The maximum absolute atomic E-state index is 9.69. The minimum absolute atomic E-state index is 0.221. The van der Waals surface area contributed by atoms with E-state index in [1.54, 1.807) is 18.2 Å². The molecule has 104 valence electrons. The maximum Gasteiger partial charge on any atom is 0.103 e. The molecule has 1 heterocycles. The second-order valence-corrected chi connectivity index (χ2v) is 4.75. The van der Waals surface area contributed by atoms with Crippen molar-refractivity contribution in [3.63, 3.8) is 0 Å². The van der Waals surface area contributed by atoms with Crippen molar-refractivity contribution >= 4 is 28.2 Å². The molecule has 0 aliphatic heterocycles. The molecule has 0 aliphatic rings. The smallest absolute Gasteiger partial charge is 0.103 e. The number of hydrogen-bond donors (Lipinski definition) is 2. The Morgan fingerprint density at radius 2 is 2.35 bits per heavy atom. The highest BCUT2D eigenvalue weighted by molar-refractivity contribution is 6.31. The summed E-state index contributed by atoms with van der Waals surface area (Å²) < 4.78 is 4.87. The number of halogens is 1. The van der Waals surface area contributed by atoms with Crippen molar-refractivity contribution in [2.75, 3.05) is 25.6 Å². The van der Waals surface area contributed by atoms with E-state index in [2.05, 4.69) is 16.4 Å². The third-order valence-corrected chi connectivity index (χ3v) is 3.06.